The predicted molar refractivity (Wildman–Crippen MR) is 162 cm³/mol. The summed E-state index contributed by atoms with van der Waals surface area (Å²) in [5.74, 6) is 1.01. The zero-order valence-corrected chi connectivity index (χ0v) is 23.1. The number of hydrogen-bond acceptors (Lipinski definition) is 3. The largest absolute Gasteiger partial charge is 0.326 e. The fourth-order valence-electron chi connectivity index (χ4n) is 5.47. The fourth-order valence-corrected chi connectivity index (χ4v) is 5.47. The third-order valence-corrected chi connectivity index (χ3v) is 7.68. The van der Waals surface area contributed by atoms with Gasteiger partial charge < -0.3 is 5.32 Å². The van der Waals surface area contributed by atoms with Crippen LogP contribution in [0.1, 0.15) is 83.4 Å². The van der Waals surface area contributed by atoms with Crippen LogP contribution in [-0.2, 0) is 28.9 Å². The van der Waals surface area contributed by atoms with Gasteiger partial charge in [0.25, 0.3) is 0 Å². The molecule has 2 aliphatic carbocycles. The monoisotopic (exact) mass is 524 g/mol. The zero-order valence-electron chi connectivity index (χ0n) is 23.1. The van der Waals surface area contributed by atoms with Gasteiger partial charge in [-0.2, -0.15) is 0 Å². The number of nitrogens with one attached hydrogen (secondary N) is 1. The molecule has 1 saturated carbocycles. The SMILES string of the molecule is CCc1c#ccnc1.O=C(Cc1ccccc1)CC1CC/C=C\c2cc(NC(=O)C3CCCCC3)ccc2C1.[HH].[HH]. The average molecular weight is 525 g/mol. The maximum absolute atomic E-state index is 12.7. The molecular formula is C35H44N2O2. The van der Waals surface area contributed by atoms with Crippen molar-refractivity contribution in [2.24, 2.45) is 11.8 Å². The highest BCUT2D eigenvalue weighted by atomic mass is 16.2. The van der Waals surface area contributed by atoms with Gasteiger partial charge in [-0.15, -0.1) is 0 Å². The van der Waals surface area contributed by atoms with Crippen LogP contribution in [0.4, 0.5) is 5.69 Å². The van der Waals surface area contributed by atoms with Crippen molar-refractivity contribution in [3.63, 3.8) is 0 Å². The molecule has 1 amide bonds. The average Bonchev–Trinajstić information content (AvgIpc) is 2.96. The van der Waals surface area contributed by atoms with Crippen LogP contribution in [0.2, 0.25) is 0 Å². The molecule has 1 unspecified atom stereocenters. The molecule has 1 heterocycles. The first kappa shape index (κ1) is 28.3. The van der Waals surface area contributed by atoms with E-state index in [0.29, 0.717) is 24.5 Å². The molecule has 0 bridgehead atoms. The number of carbonyl (C=O) groups excluding carboxylic acids is 2. The number of rotatable bonds is 7. The van der Waals surface area contributed by atoms with Crippen molar-refractivity contribution in [3.05, 3.63) is 101 Å². The predicted octanol–water partition coefficient (Wildman–Crippen LogP) is 8.11. The molecular weight excluding hydrogens is 480 g/mol. The number of allylic oxidation sites excluding steroid dienone is 1. The summed E-state index contributed by atoms with van der Waals surface area (Å²) in [5.41, 5.74) is 5.53. The minimum Gasteiger partial charge on any atom is -0.326 e. The summed E-state index contributed by atoms with van der Waals surface area (Å²) in [5, 5.41) is 3.14. The lowest BCUT2D eigenvalue weighted by molar-refractivity contribution is -0.121. The number of Topliss-reactive ketones (excluding diaryl/α,β-unsaturated/α-hetero) is 1. The number of anilines is 1. The van der Waals surface area contributed by atoms with Crippen molar-refractivity contribution in [2.75, 3.05) is 5.32 Å². The van der Waals surface area contributed by atoms with Gasteiger partial charge in [-0.1, -0.05) is 80.8 Å². The van der Waals surface area contributed by atoms with Crippen LogP contribution in [0.5, 0.6) is 0 Å². The summed E-state index contributed by atoms with van der Waals surface area (Å²) in [4.78, 5) is 29.1. The Balaban J connectivity index is 0.000000510. The minimum absolute atomic E-state index is 0. The Bertz CT molecular complexity index is 1230. The normalized spacial score (nSPS) is 17.7. The van der Waals surface area contributed by atoms with E-state index in [9.17, 15) is 9.59 Å². The first-order valence-electron chi connectivity index (χ1n) is 14.5. The van der Waals surface area contributed by atoms with Crippen LogP contribution in [0, 0.1) is 24.0 Å². The highest BCUT2D eigenvalue weighted by molar-refractivity contribution is 5.93. The first-order valence-corrected chi connectivity index (χ1v) is 14.5. The van der Waals surface area contributed by atoms with Crippen LogP contribution in [-0.4, -0.2) is 16.7 Å². The molecule has 0 saturated heterocycles. The second-order valence-corrected chi connectivity index (χ2v) is 10.7. The van der Waals surface area contributed by atoms with Crippen molar-refractivity contribution in [1.29, 1.82) is 0 Å². The second kappa shape index (κ2) is 15.0. The Morgan fingerprint density at radius 2 is 1.87 bits per heavy atom. The summed E-state index contributed by atoms with van der Waals surface area (Å²) >= 11 is 0. The molecule has 1 aromatic heterocycles. The summed E-state index contributed by atoms with van der Waals surface area (Å²) in [6.07, 6.45) is 18.5. The maximum atomic E-state index is 12.7. The molecule has 5 rings (SSSR count). The van der Waals surface area contributed by atoms with Crippen molar-refractivity contribution in [2.45, 2.75) is 77.6 Å². The van der Waals surface area contributed by atoms with Crippen LogP contribution < -0.4 is 5.32 Å². The maximum Gasteiger partial charge on any atom is 0.227 e. The number of aryl methyl sites for hydroxylation is 1. The van der Waals surface area contributed by atoms with E-state index in [2.05, 4.69) is 53.6 Å². The molecule has 4 heteroatoms. The van der Waals surface area contributed by atoms with Crippen molar-refractivity contribution in [1.82, 2.24) is 4.98 Å². The molecule has 1 fully saturated rings. The van der Waals surface area contributed by atoms with Gasteiger partial charge in [0, 0.05) is 39.1 Å². The number of amides is 1. The van der Waals surface area contributed by atoms with E-state index >= 15 is 0 Å². The van der Waals surface area contributed by atoms with Gasteiger partial charge in [0.05, 0.1) is 6.20 Å². The summed E-state index contributed by atoms with van der Waals surface area (Å²) in [7, 11) is 0. The molecule has 2 aliphatic rings. The lowest BCUT2D eigenvalue weighted by Gasteiger charge is -2.22. The topological polar surface area (TPSA) is 59.1 Å². The number of aromatic nitrogens is 1. The summed E-state index contributed by atoms with van der Waals surface area (Å²) in [6, 6.07) is 22.0. The number of benzene rings is 2. The number of hydrogen-bond donors (Lipinski definition) is 1. The third-order valence-electron chi connectivity index (χ3n) is 7.68. The second-order valence-electron chi connectivity index (χ2n) is 10.7. The Kier molecular flexibility index (Phi) is 10.9. The molecule has 0 radical (unpaired) electrons. The molecule has 0 aliphatic heterocycles. The van der Waals surface area contributed by atoms with Crippen LogP contribution >= 0.6 is 0 Å². The van der Waals surface area contributed by atoms with E-state index in [0.717, 1.165) is 68.2 Å². The smallest absolute Gasteiger partial charge is 0.227 e. The van der Waals surface area contributed by atoms with Crippen molar-refractivity contribution in [3.8, 4) is 0 Å². The first-order chi connectivity index (χ1) is 19.1. The van der Waals surface area contributed by atoms with E-state index in [-0.39, 0.29) is 14.7 Å². The third kappa shape index (κ3) is 9.21. The molecule has 2 aromatic carbocycles. The summed E-state index contributed by atoms with van der Waals surface area (Å²) in [6.45, 7) is 2.07. The standard InChI is InChI=1S/C28H33NO2.C7H7N.2H2/c30-27(18-21-9-3-1-4-10-21)19-22-11-7-8-14-24-20-26(16-15-25(24)17-22)29-28(31)23-12-5-2-6-13-23;1-2-7-4-3-5-8-6-7;;/h1,3-4,8-10,14-16,20,22-23H,2,5-7,11-13,17-19H2,(H,29,31);5-6H,2H2,1H3;2*1H/b14-8-;;;. The zero-order chi connectivity index (χ0) is 27.3. The molecule has 1 atom stereocenters. The lowest BCUT2D eigenvalue weighted by Crippen LogP contribution is -2.24. The van der Waals surface area contributed by atoms with Gasteiger partial charge >= 0.3 is 0 Å². The van der Waals surface area contributed by atoms with Crippen LogP contribution in [0.15, 0.2) is 67.0 Å². The fraction of sp³-hybridized carbons (Fsp3) is 0.400. The van der Waals surface area contributed by atoms with Crippen molar-refractivity contribution >= 4 is 23.5 Å². The van der Waals surface area contributed by atoms with Gasteiger partial charge in [-0.3, -0.25) is 14.6 Å². The van der Waals surface area contributed by atoms with Gasteiger partial charge in [-0.25, -0.2) is 0 Å². The molecule has 0 spiro atoms. The number of ketones is 1. The molecule has 4 nitrogen and oxygen atoms in total. The van der Waals surface area contributed by atoms with E-state index in [1.807, 2.05) is 36.4 Å². The minimum atomic E-state index is 0. The number of carbonyl (C=O) groups is 2. The van der Waals surface area contributed by atoms with Gasteiger partial charge in [0.15, 0.2) is 0 Å². The van der Waals surface area contributed by atoms with Crippen LogP contribution in [0.3, 0.4) is 0 Å². The van der Waals surface area contributed by atoms with E-state index in [4.69, 9.17) is 0 Å². The van der Waals surface area contributed by atoms with E-state index in [1.165, 1.54) is 17.5 Å². The highest BCUT2D eigenvalue weighted by Crippen LogP contribution is 2.29. The Morgan fingerprint density at radius 3 is 2.59 bits per heavy atom. The van der Waals surface area contributed by atoms with E-state index < -0.39 is 0 Å². The van der Waals surface area contributed by atoms with Crippen molar-refractivity contribution < 1.29 is 12.4 Å². The highest BCUT2D eigenvalue weighted by Gasteiger charge is 2.22. The Hall–Kier alpha value is -3.71. The Morgan fingerprint density at radius 1 is 1.05 bits per heavy atom. The van der Waals surface area contributed by atoms with Crippen LogP contribution in [0.25, 0.3) is 6.08 Å². The van der Waals surface area contributed by atoms with Gasteiger partial charge in [-0.05, 0) is 79.3 Å². The summed E-state index contributed by atoms with van der Waals surface area (Å²) < 4.78 is 0. The lowest BCUT2D eigenvalue weighted by atomic mass is 9.85. The molecule has 206 valence electrons. The number of nitrogens with zero attached hydrogens (tertiary/aromatic N) is 1. The van der Waals surface area contributed by atoms with E-state index in [1.54, 1.807) is 12.4 Å². The van der Waals surface area contributed by atoms with Gasteiger partial charge in [0.1, 0.15) is 5.78 Å². The van der Waals surface area contributed by atoms with Gasteiger partial charge in [0.2, 0.25) is 5.91 Å². The molecule has 1 N–H and O–H groups in total. The molecule has 3 aromatic rings. The number of fused-ring (bicyclic) bond motifs is 1. The Labute approximate surface area is 236 Å². The molecule has 39 heavy (non-hydrogen) atoms. The quantitative estimate of drug-likeness (QED) is 0.340.